The molecule has 0 amide bonds. The fourth-order valence-electron chi connectivity index (χ4n) is 7.57. The van der Waals surface area contributed by atoms with Crippen LogP contribution in [0.4, 0.5) is 0 Å². The summed E-state index contributed by atoms with van der Waals surface area (Å²) < 4.78 is 6.85. The van der Waals surface area contributed by atoms with Crippen molar-refractivity contribution in [3.63, 3.8) is 0 Å². The summed E-state index contributed by atoms with van der Waals surface area (Å²) in [5, 5.41) is 11.4. The summed E-state index contributed by atoms with van der Waals surface area (Å²) in [7, 11) is -1.71. The molecule has 29 heavy (non-hydrogen) atoms. The van der Waals surface area contributed by atoms with Crippen LogP contribution in [0.25, 0.3) is 0 Å². The summed E-state index contributed by atoms with van der Waals surface area (Å²) in [4.78, 5) is 0. The van der Waals surface area contributed by atoms with Crippen molar-refractivity contribution in [1.82, 2.24) is 0 Å². The highest BCUT2D eigenvalue weighted by Crippen LogP contribution is 2.67. The molecule has 0 radical (unpaired) electrons. The van der Waals surface area contributed by atoms with E-state index in [2.05, 4.69) is 60.7 Å². The molecular weight excluding hydrogens is 372 g/mol. The van der Waals surface area contributed by atoms with E-state index in [1.54, 1.807) is 5.57 Å². The third kappa shape index (κ3) is 3.24. The number of hydrogen-bond donors (Lipinski definition) is 1. The van der Waals surface area contributed by atoms with E-state index in [0.717, 1.165) is 24.7 Å². The Hall–Kier alpha value is -0.123. The second-order valence-corrected chi connectivity index (χ2v) is 18.0. The van der Waals surface area contributed by atoms with Gasteiger partial charge in [0.1, 0.15) is 0 Å². The van der Waals surface area contributed by atoms with Crippen molar-refractivity contribution in [2.75, 3.05) is 0 Å². The van der Waals surface area contributed by atoms with Gasteiger partial charge in [0, 0.05) is 6.10 Å². The molecule has 0 spiro atoms. The summed E-state index contributed by atoms with van der Waals surface area (Å²) in [5.74, 6) is 2.28. The fraction of sp³-hybridized carbons (Fsp3) is 0.923. The quantitative estimate of drug-likeness (QED) is 0.383. The van der Waals surface area contributed by atoms with Gasteiger partial charge in [0.15, 0.2) is 8.32 Å². The van der Waals surface area contributed by atoms with Crippen molar-refractivity contribution in [2.24, 2.45) is 28.6 Å². The Balaban J connectivity index is 1.54. The molecule has 7 atom stereocenters. The van der Waals surface area contributed by atoms with Crippen molar-refractivity contribution < 1.29 is 9.53 Å². The van der Waals surface area contributed by atoms with Crippen LogP contribution in [-0.2, 0) is 4.43 Å². The van der Waals surface area contributed by atoms with Crippen molar-refractivity contribution in [3.8, 4) is 0 Å². The summed E-state index contributed by atoms with van der Waals surface area (Å²) in [6, 6.07) is 0. The fourth-order valence-corrected chi connectivity index (χ4v) is 8.95. The molecule has 0 bridgehead atoms. The van der Waals surface area contributed by atoms with Crippen LogP contribution in [0.2, 0.25) is 18.1 Å². The first kappa shape index (κ1) is 22.1. The maximum Gasteiger partial charge on any atom is 0.192 e. The molecule has 4 aliphatic carbocycles. The summed E-state index contributed by atoms with van der Waals surface area (Å²) >= 11 is 0. The average Bonchev–Trinajstić information content (AvgIpc) is 2.84. The Morgan fingerprint density at radius 3 is 2.31 bits per heavy atom. The predicted octanol–water partition coefficient (Wildman–Crippen LogP) is 7.09. The normalized spacial score (nSPS) is 47.8. The number of rotatable bonds is 2. The monoisotopic (exact) mass is 418 g/mol. The van der Waals surface area contributed by atoms with Crippen LogP contribution in [0.1, 0.15) is 92.9 Å². The van der Waals surface area contributed by atoms with E-state index in [-0.39, 0.29) is 10.5 Å². The molecule has 0 aromatic heterocycles. The summed E-state index contributed by atoms with van der Waals surface area (Å²) in [6.45, 7) is 19.0. The smallest absolute Gasteiger partial charge is 0.192 e. The van der Waals surface area contributed by atoms with Crippen molar-refractivity contribution in [2.45, 2.75) is 123 Å². The molecule has 0 saturated heterocycles. The summed E-state index contributed by atoms with van der Waals surface area (Å²) in [5.41, 5.74) is 1.73. The van der Waals surface area contributed by atoms with E-state index in [1.165, 1.54) is 38.5 Å². The zero-order valence-corrected chi connectivity index (χ0v) is 21.4. The van der Waals surface area contributed by atoms with Crippen LogP contribution in [0.15, 0.2) is 11.6 Å². The SMILES string of the molecule is CC1(O)CC[C@H]2[C@@H]3CC=C4CC(O[Si](C)(C)C(C)(C)C)CC[C@]4(C)[C@@H]3CC[C@@]21C. The van der Waals surface area contributed by atoms with Gasteiger partial charge in [-0.2, -0.15) is 0 Å². The molecule has 0 aromatic rings. The zero-order valence-electron chi connectivity index (χ0n) is 20.4. The van der Waals surface area contributed by atoms with Gasteiger partial charge in [-0.3, -0.25) is 0 Å². The Bertz CT molecular complexity index is 687. The average molecular weight is 419 g/mol. The lowest BCUT2D eigenvalue weighted by molar-refractivity contribution is -0.115. The molecule has 0 aliphatic heterocycles. The first-order chi connectivity index (χ1) is 13.2. The lowest BCUT2D eigenvalue weighted by Crippen LogP contribution is -2.54. The van der Waals surface area contributed by atoms with Crippen LogP contribution in [0.5, 0.6) is 0 Å². The van der Waals surface area contributed by atoms with Crippen LogP contribution in [-0.4, -0.2) is 25.1 Å². The van der Waals surface area contributed by atoms with Crippen molar-refractivity contribution in [1.29, 1.82) is 0 Å². The minimum atomic E-state index is -1.71. The highest BCUT2D eigenvalue weighted by molar-refractivity contribution is 6.74. The molecule has 166 valence electrons. The Morgan fingerprint density at radius 1 is 1.00 bits per heavy atom. The molecular formula is C26H46O2Si. The molecule has 1 N–H and O–H groups in total. The number of hydrogen-bond acceptors (Lipinski definition) is 2. The van der Waals surface area contributed by atoms with E-state index >= 15 is 0 Å². The van der Waals surface area contributed by atoms with E-state index in [1.807, 2.05) is 0 Å². The summed E-state index contributed by atoms with van der Waals surface area (Å²) in [6.07, 6.45) is 12.7. The molecule has 2 unspecified atom stereocenters. The van der Waals surface area contributed by atoms with E-state index in [9.17, 15) is 5.11 Å². The highest BCUT2D eigenvalue weighted by Gasteiger charge is 2.62. The second-order valence-electron chi connectivity index (χ2n) is 13.3. The maximum absolute atomic E-state index is 11.1. The van der Waals surface area contributed by atoms with Gasteiger partial charge in [0.2, 0.25) is 0 Å². The first-order valence-corrected chi connectivity index (χ1v) is 15.2. The van der Waals surface area contributed by atoms with Gasteiger partial charge in [-0.15, -0.1) is 0 Å². The van der Waals surface area contributed by atoms with Crippen LogP contribution < -0.4 is 0 Å². The van der Waals surface area contributed by atoms with Gasteiger partial charge < -0.3 is 9.53 Å². The first-order valence-electron chi connectivity index (χ1n) is 12.3. The molecule has 4 aliphatic rings. The molecule has 0 heterocycles. The third-order valence-corrected chi connectivity index (χ3v) is 15.4. The molecule has 2 nitrogen and oxygen atoms in total. The second kappa shape index (κ2) is 6.69. The number of allylic oxidation sites excluding steroid dienone is 1. The predicted molar refractivity (Wildman–Crippen MR) is 124 cm³/mol. The molecule has 4 rings (SSSR count). The third-order valence-electron chi connectivity index (χ3n) is 10.9. The van der Waals surface area contributed by atoms with E-state index in [0.29, 0.717) is 17.4 Å². The van der Waals surface area contributed by atoms with Gasteiger partial charge in [-0.05, 0) is 105 Å². The zero-order chi connectivity index (χ0) is 21.5. The van der Waals surface area contributed by atoms with Crippen molar-refractivity contribution in [3.05, 3.63) is 11.6 Å². The standard InChI is InChI=1S/C26H46O2Si/c1-23(2,3)29(7,8)28-19-11-14-24(4)18(17-19)9-10-20-21(24)12-15-25(5)22(20)13-16-26(25,6)27/h9,19-22,27H,10-17H2,1-8H3/t19?,20-,21-,22+,24+,25+,26?/m1/s1. The maximum atomic E-state index is 11.1. The van der Waals surface area contributed by atoms with Crippen LogP contribution in [0, 0.1) is 28.6 Å². The van der Waals surface area contributed by atoms with Gasteiger partial charge in [-0.25, -0.2) is 0 Å². The Morgan fingerprint density at radius 2 is 1.66 bits per heavy atom. The minimum absolute atomic E-state index is 0.124. The minimum Gasteiger partial charge on any atom is -0.414 e. The topological polar surface area (TPSA) is 29.5 Å². The molecule has 3 heteroatoms. The van der Waals surface area contributed by atoms with Crippen LogP contribution in [0.3, 0.4) is 0 Å². The lowest BCUT2D eigenvalue weighted by atomic mass is 9.47. The van der Waals surface area contributed by atoms with E-state index < -0.39 is 13.9 Å². The van der Waals surface area contributed by atoms with Gasteiger partial charge in [-0.1, -0.05) is 46.3 Å². The largest absolute Gasteiger partial charge is 0.414 e. The number of fused-ring (bicyclic) bond motifs is 5. The van der Waals surface area contributed by atoms with Gasteiger partial charge in [0.05, 0.1) is 5.60 Å². The Labute approximate surface area is 181 Å². The number of aliphatic hydroxyl groups is 1. The molecule has 3 saturated carbocycles. The van der Waals surface area contributed by atoms with Gasteiger partial charge in [0.25, 0.3) is 0 Å². The van der Waals surface area contributed by atoms with E-state index in [4.69, 9.17) is 4.43 Å². The Kier molecular flexibility index (Phi) is 5.09. The molecule has 3 fully saturated rings. The lowest BCUT2D eigenvalue weighted by Gasteiger charge is -2.59. The highest BCUT2D eigenvalue weighted by atomic mass is 28.4. The van der Waals surface area contributed by atoms with Gasteiger partial charge >= 0.3 is 0 Å². The molecule has 0 aromatic carbocycles. The van der Waals surface area contributed by atoms with Crippen molar-refractivity contribution >= 4 is 8.32 Å². The van der Waals surface area contributed by atoms with Crippen LogP contribution >= 0.6 is 0 Å².